The van der Waals surface area contributed by atoms with Gasteiger partial charge in [-0.05, 0) is 37.2 Å². The van der Waals surface area contributed by atoms with Gasteiger partial charge < -0.3 is 15.0 Å². The minimum atomic E-state index is 0.705. The molecule has 0 radical (unpaired) electrons. The van der Waals surface area contributed by atoms with Crippen molar-refractivity contribution in [1.29, 1.82) is 0 Å². The summed E-state index contributed by atoms with van der Waals surface area (Å²) in [4.78, 5) is 1.98. The van der Waals surface area contributed by atoms with Gasteiger partial charge in [0.05, 0.1) is 0 Å². The molecule has 0 saturated heterocycles. The number of thiocarbonyl (C=S) groups is 1. The van der Waals surface area contributed by atoms with Gasteiger partial charge in [-0.2, -0.15) is 0 Å². The lowest BCUT2D eigenvalue weighted by Gasteiger charge is -2.21. The van der Waals surface area contributed by atoms with E-state index in [1.54, 1.807) is 0 Å². The van der Waals surface area contributed by atoms with Crippen molar-refractivity contribution in [1.82, 2.24) is 10.2 Å². The number of hydrogen-bond donors (Lipinski definition) is 1. The monoisotopic (exact) mass is 300 g/mol. The van der Waals surface area contributed by atoms with Crippen LogP contribution >= 0.6 is 23.8 Å². The second-order valence-electron chi connectivity index (χ2n) is 4.23. The fourth-order valence-electron chi connectivity index (χ4n) is 1.60. The van der Waals surface area contributed by atoms with Gasteiger partial charge in [0.2, 0.25) is 0 Å². The van der Waals surface area contributed by atoms with E-state index in [1.807, 2.05) is 43.1 Å². The summed E-state index contributed by atoms with van der Waals surface area (Å²) in [6, 6.07) is 7.81. The van der Waals surface area contributed by atoms with E-state index in [0.29, 0.717) is 6.54 Å². The Hall–Kier alpha value is -0.840. The van der Waals surface area contributed by atoms with Gasteiger partial charge in [-0.15, -0.1) is 0 Å². The number of rotatable bonds is 7. The third-order valence-electron chi connectivity index (χ3n) is 2.66. The maximum atomic E-state index is 6.13. The van der Waals surface area contributed by atoms with Crippen molar-refractivity contribution in [3.05, 3.63) is 34.9 Å². The van der Waals surface area contributed by atoms with Crippen molar-refractivity contribution in [2.45, 2.75) is 19.9 Å². The highest BCUT2D eigenvalue weighted by Crippen LogP contribution is 2.16. The Kier molecular flexibility index (Phi) is 7.79. The topological polar surface area (TPSA) is 24.5 Å². The molecule has 0 aliphatic rings. The molecule has 0 atom stereocenters. The Morgan fingerprint density at radius 3 is 2.84 bits per heavy atom. The molecule has 19 heavy (non-hydrogen) atoms. The SMILES string of the molecule is CCOCCCNC(=S)N(C)Cc1ccccc1Cl. The van der Waals surface area contributed by atoms with Crippen molar-refractivity contribution in [3.8, 4) is 0 Å². The predicted molar refractivity (Wildman–Crippen MR) is 84.6 cm³/mol. The number of halogens is 1. The molecule has 0 aliphatic carbocycles. The summed E-state index contributed by atoms with van der Waals surface area (Å²) in [7, 11) is 1.96. The Bertz CT molecular complexity index is 401. The first kappa shape index (κ1) is 16.2. The summed E-state index contributed by atoms with van der Waals surface area (Å²) in [6.07, 6.45) is 0.952. The van der Waals surface area contributed by atoms with Crippen LogP contribution in [0.15, 0.2) is 24.3 Å². The standard InChI is InChI=1S/C14H21ClN2OS/c1-3-18-10-6-9-16-14(19)17(2)11-12-7-4-5-8-13(12)15/h4-5,7-8H,3,6,9-11H2,1-2H3,(H,16,19). The number of benzene rings is 1. The highest BCUT2D eigenvalue weighted by molar-refractivity contribution is 7.80. The number of ether oxygens (including phenoxy) is 1. The lowest BCUT2D eigenvalue weighted by Crippen LogP contribution is -2.37. The van der Waals surface area contributed by atoms with Gasteiger partial charge in [-0.1, -0.05) is 29.8 Å². The molecule has 0 aliphatic heterocycles. The third-order valence-corrected chi connectivity index (χ3v) is 3.48. The molecule has 0 saturated carbocycles. The van der Waals surface area contributed by atoms with Gasteiger partial charge in [0.15, 0.2) is 5.11 Å². The maximum absolute atomic E-state index is 6.13. The van der Waals surface area contributed by atoms with Crippen LogP contribution in [0.2, 0.25) is 5.02 Å². The normalized spacial score (nSPS) is 10.3. The van der Waals surface area contributed by atoms with Gasteiger partial charge >= 0.3 is 0 Å². The smallest absolute Gasteiger partial charge is 0.168 e. The van der Waals surface area contributed by atoms with Crippen molar-refractivity contribution in [3.63, 3.8) is 0 Å². The van der Waals surface area contributed by atoms with Crippen LogP contribution in [0.5, 0.6) is 0 Å². The summed E-state index contributed by atoms with van der Waals surface area (Å²) < 4.78 is 5.27. The van der Waals surface area contributed by atoms with Crippen molar-refractivity contribution >= 4 is 28.9 Å². The Labute approximate surface area is 125 Å². The van der Waals surface area contributed by atoms with E-state index in [4.69, 9.17) is 28.6 Å². The van der Waals surface area contributed by atoms with Crippen LogP contribution in [0.3, 0.4) is 0 Å². The molecule has 1 aromatic carbocycles. The molecule has 106 valence electrons. The summed E-state index contributed by atoms with van der Waals surface area (Å²) in [6.45, 7) is 5.05. The van der Waals surface area contributed by atoms with Crippen LogP contribution in [0.25, 0.3) is 0 Å². The fourth-order valence-corrected chi connectivity index (χ4v) is 1.96. The third kappa shape index (κ3) is 6.23. The molecule has 0 heterocycles. The molecule has 0 fully saturated rings. The molecule has 0 aromatic heterocycles. The molecule has 0 spiro atoms. The van der Waals surface area contributed by atoms with Crippen LogP contribution in [-0.2, 0) is 11.3 Å². The molecule has 3 nitrogen and oxygen atoms in total. The van der Waals surface area contributed by atoms with Crippen molar-refractivity contribution < 1.29 is 4.74 Å². The first-order valence-corrected chi connectivity index (χ1v) is 7.24. The zero-order chi connectivity index (χ0) is 14.1. The largest absolute Gasteiger partial charge is 0.382 e. The number of hydrogen-bond acceptors (Lipinski definition) is 2. The average Bonchev–Trinajstić information content (AvgIpc) is 2.41. The zero-order valence-electron chi connectivity index (χ0n) is 11.5. The van der Waals surface area contributed by atoms with Crippen LogP contribution in [0, 0.1) is 0 Å². The number of nitrogens with one attached hydrogen (secondary N) is 1. The Morgan fingerprint density at radius 1 is 1.42 bits per heavy atom. The molecule has 1 aromatic rings. The van der Waals surface area contributed by atoms with E-state index in [0.717, 1.165) is 41.9 Å². The minimum absolute atomic E-state index is 0.705. The van der Waals surface area contributed by atoms with Gasteiger partial charge in [0.1, 0.15) is 0 Å². The van der Waals surface area contributed by atoms with Crippen LogP contribution in [0.4, 0.5) is 0 Å². The van der Waals surface area contributed by atoms with E-state index < -0.39 is 0 Å². The molecule has 1 rings (SSSR count). The van der Waals surface area contributed by atoms with E-state index in [1.165, 1.54) is 0 Å². The minimum Gasteiger partial charge on any atom is -0.382 e. The molecular weight excluding hydrogens is 280 g/mol. The molecule has 5 heteroatoms. The van der Waals surface area contributed by atoms with E-state index in [-0.39, 0.29) is 0 Å². The van der Waals surface area contributed by atoms with Gasteiger partial charge in [-0.3, -0.25) is 0 Å². The predicted octanol–water partition coefficient (Wildman–Crippen LogP) is 3.07. The summed E-state index contributed by atoms with van der Waals surface area (Å²) >= 11 is 11.5. The van der Waals surface area contributed by atoms with Crippen LogP contribution < -0.4 is 5.32 Å². The second kappa shape index (κ2) is 9.13. The van der Waals surface area contributed by atoms with E-state index in [9.17, 15) is 0 Å². The van der Waals surface area contributed by atoms with Crippen LogP contribution in [-0.4, -0.2) is 36.8 Å². The lowest BCUT2D eigenvalue weighted by molar-refractivity contribution is 0.145. The molecule has 0 bridgehead atoms. The lowest BCUT2D eigenvalue weighted by atomic mass is 10.2. The van der Waals surface area contributed by atoms with Gasteiger partial charge in [0, 0.05) is 38.4 Å². The highest BCUT2D eigenvalue weighted by atomic mass is 35.5. The van der Waals surface area contributed by atoms with Crippen molar-refractivity contribution in [2.24, 2.45) is 0 Å². The van der Waals surface area contributed by atoms with Crippen LogP contribution in [0.1, 0.15) is 18.9 Å². The first-order valence-electron chi connectivity index (χ1n) is 6.45. The summed E-state index contributed by atoms with van der Waals surface area (Å²) in [5, 5.41) is 4.72. The second-order valence-corrected chi connectivity index (χ2v) is 5.02. The first-order chi connectivity index (χ1) is 9.15. The zero-order valence-corrected chi connectivity index (χ0v) is 13.1. The summed E-state index contributed by atoms with van der Waals surface area (Å²) in [5.41, 5.74) is 1.07. The quantitative estimate of drug-likeness (QED) is 0.618. The maximum Gasteiger partial charge on any atom is 0.168 e. The molecular formula is C14H21ClN2OS. The van der Waals surface area contributed by atoms with E-state index >= 15 is 0 Å². The fraction of sp³-hybridized carbons (Fsp3) is 0.500. The molecule has 0 amide bonds. The molecule has 0 unspecified atom stereocenters. The Morgan fingerprint density at radius 2 is 2.16 bits per heavy atom. The highest BCUT2D eigenvalue weighted by Gasteiger charge is 2.06. The van der Waals surface area contributed by atoms with E-state index in [2.05, 4.69) is 5.32 Å². The number of nitrogens with zero attached hydrogens (tertiary/aromatic N) is 1. The van der Waals surface area contributed by atoms with Gasteiger partial charge in [-0.25, -0.2) is 0 Å². The summed E-state index contributed by atoms with van der Waals surface area (Å²) in [5.74, 6) is 0. The van der Waals surface area contributed by atoms with Gasteiger partial charge in [0.25, 0.3) is 0 Å². The molecule has 1 N–H and O–H groups in total. The Balaban J connectivity index is 2.31. The average molecular weight is 301 g/mol. The van der Waals surface area contributed by atoms with Crippen molar-refractivity contribution in [2.75, 3.05) is 26.8 Å².